The van der Waals surface area contributed by atoms with Gasteiger partial charge in [0.05, 0.1) is 0 Å². The minimum absolute atomic E-state index is 0.0602. The average molecular weight is 251 g/mol. The molecule has 1 saturated carbocycles. The average Bonchev–Trinajstić information content (AvgIpc) is 2.32. The van der Waals surface area contributed by atoms with E-state index < -0.39 is 0 Å². The molecule has 0 saturated heterocycles. The zero-order valence-electron chi connectivity index (χ0n) is 10.2. The third-order valence-corrected chi connectivity index (χ3v) is 3.43. The van der Waals surface area contributed by atoms with E-state index >= 15 is 0 Å². The van der Waals surface area contributed by atoms with Crippen LogP contribution < -0.4 is 11.1 Å². The Labute approximate surface area is 106 Å². The normalized spacial score (nSPS) is 16.6. The number of rotatable bonds is 5. The molecule has 0 spiro atoms. The van der Waals surface area contributed by atoms with Gasteiger partial charge in [0.15, 0.2) is 5.84 Å². The maximum absolute atomic E-state index is 13.1. The molecular weight excluding hydrogens is 233 g/mol. The Bertz CT molecular complexity index is 444. The Morgan fingerprint density at radius 2 is 2.28 bits per heavy atom. The molecule has 0 amide bonds. The summed E-state index contributed by atoms with van der Waals surface area (Å²) >= 11 is 0. The highest BCUT2D eigenvalue weighted by Gasteiger charge is 2.16. The molecule has 0 aromatic heterocycles. The fourth-order valence-electron chi connectivity index (χ4n) is 2.10. The van der Waals surface area contributed by atoms with Crippen LogP contribution >= 0.6 is 0 Å². The lowest BCUT2D eigenvalue weighted by atomic mass is 9.85. The Kier molecular flexibility index (Phi) is 4.15. The second-order valence-corrected chi connectivity index (χ2v) is 4.71. The summed E-state index contributed by atoms with van der Waals surface area (Å²) in [6.07, 6.45) is 3.88. The molecule has 0 radical (unpaired) electrons. The van der Waals surface area contributed by atoms with Gasteiger partial charge in [-0.3, -0.25) is 0 Å². The van der Waals surface area contributed by atoms with Crippen LogP contribution in [0.5, 0.6) is 0 Å². The molecule has 0 atom stereocenters. The number of nitrogens with one attached hydrogen (secondary N) is 1. The third-order valence-electron chi connectivity index (χ3n) is 3.43. The first-order chi connectivity index (χ1) is 8.70. The number of amidine groups is 1. The molecule has 4 nitrogen and oxygen atoms in total. The highest BCUT2D eigenvalue weighted by molar-refractivity contribution is 5.98. The number of halogens is 1. The van der Waals surface area contributed by atoms with Crippen molar-refractivity contribution in [1.29, 1.82) is 0 Å². The van der Waals surface area contributed by atoms with Crippen molar-refractivity contribution in [3.63, 3.8) is 0 Å². The van der Waals surface area contributed by atoms with Crippen molar-refractivity contribution in [3.05, 3.63) is 35.1 Å². The molecule has 0 bridgehead atoms. The van der Waals surface area contributed by atoms with Crippen molar-refractivity contribution in [2.45, 2.75) is 25.8 Å². The van der Waals surface area contributed by atoms with Gasteiger partial charge in [0.2, 0.25) is 0 Å². The Balaban J connectivity index is 2.01. The van der Waals surface area contributed by atoms with E-state index in [1.165, 1.54) is 31.4 Å². The van der Waals surface area contributed by atoms with Gasteiger partial charge < -0.3 is 16.3 Å². The van der Waals surface area contributed by atoms with Crippen LogP contribution in [0.25, 0.3) is 0 Å². The number of benzene rings is 1. The summed E-state index contributed by atoms with van der Waals surface area (Å²) in [4.78, 5) is 0. The molecule has 18 heavy (non-hydrogen) atoms. The fraction of sp³-hybridized carbons (Fsp3) is 0.462. The summed E-state index contributed by atoms with van der Waals surface area (Å²) in [5.74, 6) is 0.312. The highest BCUT2D eigenvalue weighted by Crippen LogP contribution is 2.25. The lowest BCUT2D eigenvalue weighted by molar-refractivity contribution is 0.301. The maximum atomic E-state index is 13.1. The summed E-state index contributed by atoms with van der Waals surface area (Å²) in [5.41, 5.74) is 6.82. The molecule has 1 aromatic rings. The SMILES string of the molecule is NC(=NO)c1cc(F)ccc1CNCC1CCC1. The number of oxime groups is 1. The van der Waals surface area contributed by atoms with Crippen molar-refractivity contribution in [3.8, 4) is 0 Å². The smallest absolute Gasteiger partial charge is 0.170 e. The van der Waals surface area contributed by atoms with Gasteiger partial charge in [-0.25, -0.2) is 4.39 Å². The van der Waals surface area contributed by atoms with E-state index in [4.69, 9.17) is 10.9 Å². The predicted molar refractivity (Wildman–Crippen MR) is 68.0 cm³/mol. The van der Waals surface area contributed by atoms with E-state index in [0.29, 0.717) is 12.1 Å². The highest BCUT2D eigenvalue weighted by atomic mass is 19.1. The Morgan fingerprint density at radius 1 is 1.50 bits per heavy atom. The van der Waals surface area contributed by atoms with Crippen LogP contribution in [0.3, 0.4) is 0 Å². The van der Waals surface area contributed by atoms with Gasteiger partial charge in [-0.15, -0.1) is 0 Å². The molecule has 0 heterocycles. The van der Waals surface area contributed by atoms with Crippen molar-refractivity contribution in [2.75, 3.05) is 6.54 Å². The van der Waals surface area contributed by atoms with Crippen LogP contribution in [0.15, 0.2) is 23.4 Å². The van der Waals surface area contributed by atoms with Gasteiger partial charge >= 0.3 is 0 Å². The molecule has 2 rings (SSSR count). The van der Waals surface area contributed by atoms with Gasteiger partial charge in [-0.05, 0) is 43.0 Å². The zero-order valence-corrected chi connectivity index (χ0v) is 10.2. The first-order valence-corrected chi connectivity index (χ1v) is 6.17. The van der Waals surface area contributed by atoms with Crippen LogP contribution in [0.2, 0.25) is 0 Å². The first kappa shape index (κ1) is 12.8. The Hall–Kier alpha value is -1.62. The third kappa shape index (κ3) is 2.98. The fourth-order valence-corrected chi connectivity index (χ4v) is 2.10. The topological polar surface area (TPSA) is 70.6 Å². The van der Waals surface area contributed by atoms with E-state index in [9.17, 15) is 4.39 Å². The van der Waals surface area contributed by atoms with Crippen LogP contribution in [0.1, 0.15) is 30.4 Å². The molecule has 5 heteroatoms. The number of nitrogens with two attached hydrogens (primary N) is 1. The quantitative estimate of drug-likeness (QED) is 0.323. The first-order valence-electron chi connectivity index (χ1n) is 6.17. The van der Waals surface area contributed by atoms with E-state index in [1.807, 2.05) is 0 Å². The summed E-state index contributed by atoms with van der Waals surface area (Å²) in [5, 5.41) is 14.9. The second kappa shape index (κ2) is 5.82. The van der Waals surface area contributed by atoms with Crippen molar-refractivity contribution in [2.24, 2.45) is 16.8 Å². The van der Waals surface area contributed by atoms with Crippen molar-refractivity contribution in [1.82, 2.24) is 5.32 Å². The monoisotopic (exact) mass is 251 g/mol. The van der Waals surface area contributed by atoms with Gasteiger partial charge in [0.1, 0.15) is 5.82 Å². The van der Waals surface area contributed by atoms with Gasteiger partial charge in [-0.1, -0.05) is 17.6 Å². The van der Waals surface area contributed by atoms with E-state index in [2.05, 4.69) is 10.5 Å². The summed E-state index contributed by atoms with van der Waals surface area (Å²) in [6.45, 7) is 1.56. The summed E-state index contributed by atoms with van der Waals surface area (Å²) < 4.78 is 13.1. The molecular formula is C13H18FN3O. The summed E-state index contributed by atoms with van der Waals surface area (Å²) in [7, 11) is 0. The molecule has 98 valence electrons. The minimum Gasteiger partial charge on any atom is -0.409 e. The zero-order chi connectivity index (χ0) is 13.0. The van der Waals surface area contributed by atoms with Crippen LogP contribution in [-0.4, -0.2) is 17.6 Å². The maximum Gasteiger partial charge on any atom is 0.170 e. The largest absolute Gasteiger partial charge is 0.409 e. The minimum atomic E-state index is -0.389. The second-order valence-electron chi connectivity index (χ2n) is 4.71. The van der Waals surface area contributed by atoms with Gasteiger partial charge in [0.25, 0.3) is 0 Å². The van der Waals surface area contributed by atoms with Crippen molar-refractivity contribution < 1.29 is 9.60 Å². The predicted octanol–water partition coefficient (Wildman–Crippen LogP) is 1.81. The molecule has 0 unspecified atom stereocenters. The lowest BCUT2D eigenvalue weighted by Crippen LogP contribution is -2.28. The van der Waals surface area contributed by atoms with Crippen LogP contribution in [0, 0.1) is 11.7 Å². The molecule has 1 aliphatic rings. The standard InChI is InChI=1S/C13H18FN3O/c14-11-5-4-10(12(6-11)13(15)17-18)8-16-7-9-2-1-3-9/h4-6,9,16,18H,1-3,7-8H2,(H2,15,17). The Morgan fingerprint density at radius 3 is 2.89 bits per heavy atom. The van der Waals surface area contributed by atoms with E-state index in [-0.39, 0.29) is 11.7 Å². The van der Waals surface area contributed by atoms with Crippen molar-refractivity contribution >= 4 is 5.84 Å². The molecule has 0 aliphatic heterocycles. The van der Waals surface area contributed by atoms with Gasteiger partial charge in [0, 0.05) is 12.1 Å². The van der Waals surface area contributed by atoms with Crippen LogP contribution in [-0.2, 0) is 6.54 Å². The number of hydrogen-bond acceptors (Lipinski definition) is 3. The summed E-state index contributed by atoms with van der Waals surface area (Å²) in [6, 6.07) is 4.33. The van der Waals surface area contributed by atoms with Gasteiger partial charge in [-0.2, -0.15) is 0 Å². The van der Waals surface area contributed by atoms with E-state index in [1.54, 1.807) is 6.07 Å². The number of hydrogen-bond donors (Lipinski definition) is 3. The molecule has 1 fully saturated rings. The molecule has 1 aliphatic carbocycles. The van der Waals surface area contributed by atoms with Crippen LogP contribution in [0.4, 0.5) is 4.39 Å². The number of nitrogens with zero attached hydrogens (tertiary/aromatic N) is 1. The molecule has 1 aromatic carbocycles. The van der Waals surface area contributed by atoms with E-state index in [0.717, 1.165) is 18.0 Å². The molecule has 4 N–H and O–H groups in total. The lowest BCUT2D eigenvalue weighted by Gasteiger charge is -2.25.